The molecule has 2 N–H and O–H groups in total. The van der Waals surface area contributed by atoms with E-state index in [1.807, 2.05) is 30.5 Å². The average Bonchev–Trinajstić information content (AvgIpc) is 3.24. The highest BCUT2D eigenvalue weighted by molar-refractivity contribution is 7.17. The molecule has 0 bridgehead atoms. The van der Waals surface area contributed by atoms with Crippen molar-refractivity contribution in [1.29, 1.82) is 0 Å². The van der Waals surface area contributed by atoms with Gasteiger partial charge in [0.2, 0.25) is 0 Å². The molecule has 0 spiro atoms. The van der Waals surface area contributed by atoms with Crippen molar-refractivity contribution >= 4 is 27.5 Å². The summed E-state index contributed by atoms with van der Waals surface area (Å²) in [5.41, 5.74) is 2.45. The number of nitrogens with one attached hydrogen (secondary N) is 2. The van der Waals surface area contributed by atoms with E-state index < -0.39 is 0 Å². The zero-order valence-corrected chi connectivity index (χ0v) is 13.5. The molecule has 1 aliphatic heterocycles. The van der Waals surface area contributed by atoms with Gasteiger partial charge in [0.1, 0.15) is 11.5 Å². The summed E-state index contributed by atoms with van der Waals surface area (Å²) in [6, 6.07) is 5.77. The lowest BCUT2D eigenvalue weighted by Crippen LogP contribution is -2.40. The van der Waals surface area contributed by atoms with Gasteiger partial charge >= 0.3 is 0 Å². The minimum Gasteiger partial charge on any atom is -0.379 e. The summed E-state index contributed by atoms with van der Waals surface area (Å²) < 4.78 is 11.9. The molecule has 4 rings (SSSR count). The molecule has 1 fully saturated rings. The number of carbonyl (C=O) groups excluding carboxylic acids is 1. The van der Waals surface area contributed by atoms with Gasteiger partial charge in [-0.2, -0.15) is 0 Å². The fraction of sp³-hybridized carbons (Fsp3) is 0.375. The third kappa shape index (κ3) is 2.89. The first-order valence-corrected chi connectivity index (χ1v) is 8.44. The van der Waals surface area contributed by atoms with Crippen LogP contribution in [-0.2, 0) is 11.2 Å². The Morgan fingerprint density at radius 3 is 3.17 bits per heavy atom. The normalized spacial score (nSPS) is 21.1. The van der Waals surface area contributed by atoms with E-state index in [-0.39, 0.29) is 17.9 Å². The van der Waals surface area contributed by atoms with Gasteiger partial charge in [-0.1, -0.05) is 5.16 Å². The minimum absolute atomic E-state index is 0.0192. The van der Waals surface area contributed by atoms with Crippen molar-refractivity contribution in [3.8, 4) is 0 Å². The number of hydrogen-bond donors (Lipinski definition) is 2. The second-order valence-electron chi connectivity index (χ2n) is 5.90. The summed E-state index contributed by atoms with van der Waals surface area (Å²) in [5.74, 6) is 0.933. The summed E-state index contributed by atoms with van der Waals surface area (Å²) in [4.78, 5) is 15.6. The Hall–Kier alpha value is -2.12. The highest BCUT2D eigenvalue weighted by Gasteiger charge is 2.31. The van der Waals surface area contributed by atoms with Crippen molar-refractivity contribution in [2.24, 2.45) is 5.92 Å². The third-order valence-electron chi connectivity index (χ3n) is 4.14. The summed E-state index contributed by atoms with van der Waals surface area (Å²) >= 11 is 1.62. The van der Waals surface area contributed by atoms with Crippen molar-refractivity contribution in [3.05, 3.63) is 40.7 Å². The van der Waals surface area contributed by atoms with Gasteiger partial charge in [0, 0.05) is 18.4 Å². The molecule has 3 aromatic heterocycles. The Bertz CT molecular complexity index is 806. The highest BCUT2D eigenvalue weighted by Crippen LogP contribution is 2.23. The number of amides is 1. The maximum atomic E-state index is 12.4. The van der Waals surface area contributed by atoms with Gasteiger partial charge in [0.05, 0.1) is 35.2 Å². The molecule has 0 saturated carbocycles. The number of aromatic nitrogens is 2. The molecule has 0 aliphatic carbocycles. The number of ether oxygens (including phenoxy) is 1. The lowest BCUT2D eigenvalue weighted by atomic mass is 9.98. The van der Waals surface area contributed by atoms with Crippen LogP contribution >= 0.6 is 11.3 Å². The van der Waals surface area contributed by atoms with Crippen LogP contribution in [0.15, 0.2) is 28.1 Å². The van der Waals surface area contributed by atoms with Gasteiger partial charge in [-0.15, -0.1) is 11.3 Å². The van der Waals surface area contributed by atoms with Crippen molar-refractivity contribution in [1.82, 2.24) is 15.5 Å². The predicted molar refractivity (Wildman–Crippen MR) is 86.7 cm³/mol. The topological polar surface area (TPSA) is 80.1 Å². The second-order valence-corrected chi connectivity index (χ2v) is 6.85. The monoisotopic (exact) mass is 331 g/mol. The molecule has 1 saturated heterocycles. The molecule has 120 valence electrons. The number of thiophene rings is 1. The molecule has 7 heteroatoms. The summed E-state index contributed by atoms with van der Waals surface area (Å²) in [5, 5.41) is 8.98. The molecular formula is C16H17N3O3S. The van der Waals surface area contributed by atoms with E-state index >= 15 is 0 Å². The van der Waals surface area contributed by atoms with E-state index in [2.05, 4.69) is 15.5 Å². The summed E-state index contributed by atoms with van der Waals surface area (Å²) in [7, 11) is 0. The third-order valence-corrected chi connectivity index (χ3v) is 5.00. The zero-order valence-electron chi connectivity index (χ0n) is 12.7. The van der Waals surface area contributed by atoms with Crippen LogP contribution in [0.5, 0.6) is 0 Å². The summed E-state index contributed by atoms with van der Waals surface area (Å²) in [6.45, 7) is 3.04. The van der Waals surface area contributed by atoms with Crippen LogP contribution in [-0.4, -0.2) is 35.3 Å². The minimum atomic E-state index is -0.0948. The molecule has 0 aromatic carbocycles. The number of aryl methyl sites for hydroxylation is 1. The quantitative estimate of drug-likeness (QED) is 0.770. The zero-order chi connectivity index (χ0) is 15.8. The smallest absolute Gasteiger partial charge is 0.268 e. The largest absolute Gasteiger partial charge is 0.379 e. The van der Waals surface area contributed by atoms with Gasteiger partial charge < -0.3 is 19.6 Å². The van der Waals surface area contributed by atoms with Gasteiger partial charge in [-0.3, -0.25) is 4.79 Å². The van der Waals surface area contributed by atoms with Gasteiger partial charge in [0.25, 0.3) is 5.91 Å². The van der Waals surface area contributed by atoms with Crippen molar-refractivity contribution < 1.29 is 14.1 Å². The number of hydrogen-bond acceptors (Lipinski definition) is 5. The maximum absolute atomic E-state index is 12.4. The lowest BCUT2D eigenvalue weighted by Gasteiger charge is -2.17. The van der Waals surface area contributed by atoms with E-state index in [0.29, 0.717) is 25.3 Å². The fourth-order valence-corrected chi connectivity index (χ4v) is 3.73. The van der Waals surface area contributed by atoms with Crippen molar-refractivity contribution in [2.45, 2.75) is 19.4 Å². The van der Waals surface area contributed by atoms with Crippen LogP contribution < -0.4 is 5.32 Å². The van der Waals surface area contributed by atoms with Crippen molar-refractivity contribution in [2.75, 3.05) is 13.2 Å². The first-order valence-electron chi connectivity index (χ1n) is 7.56. The van der Waals surface area contributed by atoms with Crippen LogP contribution in [0.1, 0.15) is 21.9 Å². The first kappa shape index (κ1) is 14.5. The van der Waals surface area contributed by atoms with E-state index in [1.54, 1.807) is 11.3 Å². The molecule has 2 atom stereocenters. The van der Waals surface area contributed by atoms with Crippen LogP contribution in [0, 0.1) is 12.8 Å². The first-order chi connectivity index (χ1) is 11.2. The highest BCUT2D eigenvalue weighted by atomic mass is 32.1. The molecule has 1 amide bonds. The maximum Gasteiger partial charge on any atom is 0.268 e. The van der Waals surface area contributed by atoms with Crippen LogP contribution in [0.4, 0.5) is 0 Å². The predicted octanol–water partition coefficient (Wildman–Crippen LogP) is 2.51. The second kappa shape index (κ2) is 5.82. The Kier molecular flexibility index (Phi) is 3.66. The lowest BCUT2D eigenvalue weighted by molar-refractivity contribution is 0.0920. The van der Waals surface area contributed by atoms with E-state index in [9.17, 15) is 4.79 Å². The van der Waals surface area contributed by atoms with Gasteiger partial charge in [-0.05, 0) is 24.4 Å². The molecule has 0 unspecified atom stereocenters. The Morgan fingerprint density at radius 2 is 2.39 bits per heavy atom. The fourth-order valence-electron chi connectivity index (χ4n) is 2.95. The molecule has 0 radical (unpaired) electrons. The molecule has 4 heterocycles. The number of nitrogens with zero attached hydrogens (tertiary/aromatic N) is 1. The molecule has 3 aromatic rings. The number of fused-ring (bicyclic) bond motifs is 1. The van der Waals surface area contributed by atoms with Gasteiger partial charge in [-0.25, -0.2) is 0 Å². The van der Waals surface area contributed by atoms with Gasteiger partial charge in [0.15, 0.2) is 0 Å². The molecule has 23 heavy (non-hydrogen) atoms. The van der Waals surface area contributed by atoms with E-state index in [4.69, 9.17) is 9.26 Å². The number of carbonyl (C=O) groups is 1. The Morgan fingerprint density at radius 1 is 1.48 bits per heavy atom. The average molecular weight is 331 g/mol. The number of aromatic amines is 1. The SMILES string of the molecule is Cc1cc(C[C@@H]2COC[C@@H]2NC(=O)c2cc3sccc3[nH]2)on1. The van der Waals surface area contributed by atoms with E-state index in [0.717, 1.165) is 21.7 Å². The Labute approximate surface area is 136 Å². The number of H-pyrrole nitrogens is 1. The molecular weight excluding hydrogens is 314 g/mol. The van der Waals surface area contributed by atoms with Crippen molar-refractivity contribution in [3.63, 3.8) is 0 Å². The Balaban J connectivity index is 1.44. The molecule has 6 nitrogen and oxygen atoms in total. The summed E-state index contributed by atoms with van der Waals surface area (Å²) in [6.07, 6.45) is 0.714. The van der Waals surface area contributed by atoms with Crippen LogP contribution in [0.25, 0.3) is 10.2 Å². The van der Waals surface area contributed by atoms with Crippen LogP contribution in [0.2, 0.25) is 0 Å². The van der Waals surface area contributed by atoms with Crippen LogP contribution in [0.3, 0.4) is 0 Å². The molecule has 1 aliphatic rings. The standard InChI is InChI=1S/C16H17N3O3S/c1-9-4-11(22-19-9)5-10-7-21-8-14(10)18-16(20)13-6-15-12(17-13)2-3-23-15/h2-4,6,10,14,17H,5,7-8H2,1H3,(H,18,20)/t10-,14+/m1/s1. The number of rotatable bonds is 4. The van der Waals surface area contributed by atoms with E-state index in [1.165, 1.54) is 0 Å².